The number of anilines is 1. The first-order valence-electron chi connectivity index (χ1n) is 9.63. The van der Waals surface area contributed by atoms with Crippen molar-refractivity contribution in [2.75, 3.05) is 10.7 Å². The monoisotopic (exact) mass is 427 g/mol. The van der Waals surface area contributed by atoms with Gasteiger partial charge in [-0.2, -0.15) is 0 Å². The summed E-state index contributed by atoms with van der Waals surface area (Å²) in [4.78, 5) is 23.1. The second-order valence-corrected chi connectivity index (χ2v) is 8.78. The number of aliphatic imine (C=N–C) groups is 2. The van der Waals surface area contributed by atoms with E-state index in [1.165, 1.54) is 17.3 Å². The molecule has 5 nitrogen and oxygen atoms in total. The highest BCUT2D eigenvalue weighted by Gasteiger charge is 2.51. The second-order valence-electron chi connectivity index (χ2n) is 7.40. The molecule has 7 heteroatoms. The first-order chi connectivity index (χ1) is 14.0. The molecule has 2 aliphatic rings. The van der Waals surface area contributed by atoms with E-state index in [0.717, 1.165) is 42.9 Å². The van der Waals surface area contributed by atoms with Crippen molar-refractivity contribution in [3.8, 4) is 0 Å². The maximum absolute atomic E-state index is 11.2. The van der Waals surface area contributed by atoms with Gasteiger partial charge in [-0.3, -0.25) is 4.79 Å². The van der Waals surface area contributed by atoms with Gasteiger partial charge in [-0.25, -0.2) is 9.98 Å². The van der Waals surface area contributed by atoms with Gasteiger partial charge in [-0.05, 0) is 50.1 Å². The lowest BCUT2D eigenvalue weighted by Gasteiger charge is -2.36. The van der Waals surface area contributed by atoms with Crippen LogP contribution in [0, 0.1) is 6.92 Å². The molecule has 1 saturated carbocycles. The number of aliphatic carboxylic acids is 1. The van der Waals surface area contributed by atoms with Gasteiger partial charge in [0.25, 0.3) is 0 Å². The topological polar surface area (TPSA) is 65.3 Å². The summed E-state index contributed by atoms with van der Waals surface area (Å²) in [6.07, 6.45) is 4.00. The molecule has 1 aliphatic carbocycles. The van der Waals surface area contributed by atoms with Crippen LogP contribution in [0.3, 0.4) is 0 Å². The third kappa shape index (κ3) is 4.05. The summed E-state index contributed by atoms with van der Waals surface area (Å²) in [7, 11) is 0. The van der Waals surface area contributed by atoms with Crippen molar-refractivity contribution in [3.63, 3.8) is 0 Å². The Hall–Kier alpha value is -2.31. The van der Waals surface area contributed by atoms with Crippen molar-refractivity contribution in [2.45, 2.75) is 38.1 Å². The van der Waals surface area contributed by atoms with Crippen LogP contribution in [-0.2, 0) is 4.79 Å². The number of carboxylic acid groups (broad SMARTS) is 1. The number of nitrogens with zero attached hydrogens (tertiary/aromatic N) is 3. The number of benzene rings is 2. The third-order valence-corrected chi connectivity index (χ3v) is 6.49. The number of hydrogen-bond donors (Lipinski definition) is 1. The smallest absolute Gasteiger partial charge is 0.313 e. The minimum atomic E-state index is -0.867. The van der Waals surface area contributed by atoms with Gasteiger partial charge in [0, 0.05) is 10.7 Å². The molecule has 0 saturated heterocycles. The van der Waals surface area contributed by atoms with Crippen LogP contribution in [0.15, 0.2) is 58.5 Å². The Kier molecular flexibility index (Phi) is 5.65. The Morgan fingerprint density at radius 3 is 2.62 bits per heavy atom. The number of amidine groups is 2. The van der Waals surface area contributed by atoms with Crippen LogP contribution in [0.2, 0.25) is 5.02 Å². The minimum absolute atomic E-state index is 0.0518. The van der Waals surface area contributed by atoms with E-state index in [2.05, 4.69) is 4.90 Å². The van der Waals surface area contributed by atoms with Crippen LogP contribution in [0.1, 0.15) is 31.2 Å². The van der Waals surface area contributed by atoms with Gasteiger partial charge in [-0.1, -0.05) is 60.0 Å². The summed E-state index contributed by atoms with van der Waals surface area (Å²) in [5, 5.41) is 10.5. The highest BCUT2D eigenvalue weighted by Crippen LogP contribution is 2.46. The fraction of sp³-hybridized carbons (Fsp3) is 0.318. The van der Waals surface area contributed by atoms with E-state index in [1.54, 1.807) is 0 Å². The first kappa shape index (κ1) is 20.0. The molecule has 150 valence electrons. The largest absolute Gasteiger partial charge is 0.481 e. The molecule has 1 N–H and O–H groups in total. The summed E-state index contributed by atoms with van der Waals surface area (Å²) >= 11 is 7.51. The predicted octanol–water partition coefficient (Wildman–Crippen LogP) is 5.69. The van der Waals surface area contributed by atoms with E-state index in [-0.39, 0.29) is 11.3 Å². The predicted molar refractivity (Wildman–Crippen MR) is 121 cm³/mol. The molecule has 1 spiro atoms. The van der Waals surface area contributed by atoms with Crippen LogP contribution in [0.5, 0.6) is 0 Å². The molecule has 2 aromatic rings. The van der Waals surface area contributed by atoms with Gasteiger partial charge in [0.15, 0.2) is 11.0 Å². The quantitative estimate of drug-likeness (QED) is 0.681. The van der Waals surface area contributed by atoms with Gasteiger partial charge in [-0.15, -0.1) is 0 Å². The molecule has 0 radical (unpaired) electrons. The second kappa shape index (κ2) is 8.20. The Morgan fingerprint density at radius 2 is 1.97 bits per heavy atom. The molecule has 0 aromatic heterocycles. The number of rotatable bonds is 4. The summed E-state index contributed by atoms with van der Waals surface area (Å²) in [6, 6.07) is 15.7. The maximum Gasteiger partial charge on any atom is 0.313 e. The molecule has 0 bridgehead atoms. The Labute approximate surface area is 179 Å². The van der Waals surface area contributed by atoms with Gasteiger partial charge < -0.3 is 10.0 Å². The van der Waals surface area contributed by atoms with Crippen LogP contribution in [0.4, 0.5) is 11.4 Å². The number of hydrogen-bond acceptors (Lipinski definition) is 4. The number of carbonyl (C=O) groups is 1. The van der Waals surface area contributed by atoms with Crippen molar-refractivity contribution < 1.29 is 9.90 Å². The van der Waals surface area contributed by atoms with Crippen molar-refractivity contribution in [1.82, 2.24) is 0 Å². The van der Waals surface area contributed by atoms with Crippen LogP contribution >= 0.6 is 23.4 Å². The fourth-order valence-electron chi connectivity index (χ4n) is 4.00. The highest BCUT2D eigenvalue weighted by atomic mass is 35.5. The molecule has 0 unspecified atom stereocenters. The number of thioether (sulfide) groups is 1. The number of carboxylic acids is 1. The van der Waals surface area contributed by atoms with Gasteiger partial charge in [0.2, 0.25) is 0 Å². The summed E-state index contributed by atoms with van der Waals surface area (Å²) < 4.78 is 0. The fourth-order valence-corrected chi connectivity index (χ4v) is 5.00. The van der Waals surface area contributed by atoms with E-state index in [1.807, 2.05) is 55.5 Å². The summed E-state index contributed by atoms with van der Waals surface area (Å²) in [6.45, 7) is 2.05. The van der Waals surface area contributed by atoms with Gasteiger partial charge in [0.05, 0.1) is 11.4 Å². The standard InChI is InChI=1S/C22H22ClN3O2S/c1-15-7-9-17(10-8-15)24-20-22(11-2-3-12-22)26(18-6-4-5-16(23)13-18)21(25-20)29-14-19(27)28/h4-10,13H,2-3,11-12,14H2,1H3,(H,27,28). The van der Waals surface area contributed by atoms with E-state index in [9.17, 15) is 9.90 Å². The zero-order valence-electron chi connectivity index (χ0n) is 16.1. The number of halogens is 1. The first-order valence-corrected chi connectivity index (χ1v) is 11.0. The van der Waals surface area contributed by atoms with Crippen LogP contribution in [-0.4, -0.2) is 33.4 Å². The SMILES string of the molecule is Cc1ccc(N=C2N=C(SCC(=O)O)N(c3cccc(Cl)c3)C23CCCC3)cc1. The minimum Gasteiger partial charge on any atom is -0.481 e. The molecular formula is C22H22ClN3O2S. The molecule has 4 rings (SSSR count). The Morgan fingerprint density at radius 1 is 1.24 bits per heavy atom. The average molecular weight is 428 g/mol. The van der Waals surface area contributed by atoms with Crippen LogP contribution < -0.4 is 4.90 Å². The lowest BCUT2D eigenvalue weighted by molar-refractivity contribution is -0.133. The maximum atomic E-state index is 11.2. The molecule has 0 amide bonds. The van der Waals surface area contributed by atoms with Crippen molar-refractivity contribution in [1.29, 1.82) is 0 Å². The van der Waals surface area contributed by atoms with Crippen molar-refractivity contribution in [2.24, 2.45) is 9.98 Å². The lowest BCUT2D eigenvalue weighted by atomic mass is 9.94. The van der Waals surface area contributed by atoms with E-state index in [0.29, 0.717) is 10.2 Å². The van der Waals surface area contributed by atoms with Gasteiger partial charge >= 0.3 is 5.97 Å². The zero-order chi connectivity index (χ0) is 20.4. The van der Waals surface area contributed by atoms with E-state index in [4.69, 9.17) is 21.6 Å². The normalized spacial score (nSPS) is 19.2. The lowest BCUT2D eigenvalue weighted by Crippen LogP contribution is -2.49. The van der Waals surface area contributed by atoms with Gasteiger partial charge in [0.1, 0.15) is 5.54 Å². The summed E-state index contributed by atoms with van der Waals surface area (Å²) in [5.74, 6) is -0.163. The molecule has 29 heavy (non-hydrogen) atoms. The molecule has 1 fully saturated rings. The molecule has 2 aromatic carbocycles. The Balaban J connectivity index is 1.81. The zero-order valence-corrected chi connectivity index (χ0v) is 17.7. The van der Waals surface area contributed by atoms with E-state index < -0.39 is 5.97 Å². The Bertz CT molecular complexity index is 982. The molecular weight excluding hydrogens is 406 g/mol. The summed E-state index contributed by atoms with van der Waals surface area (Å²) in [5.41, 5.74) is 2.59. The molecule has 1 aliphatic heterocycles. The highest BCUT2D eigenvalue weighted by molar-refractivity contribution is 8.14. The molecule has 0 atom stereocenters. The van der Waals surface area contributed by atoms with Crippen molar-refractivity contribution in [3.05, 3.63) is 59.1 Å². The number of aryl methyl sites for hydroxylation is 1. The third-order valence-electron chi connectivity index (χ3n) is 5.33. The van der Waals surface area contributed by atoms with Crippen molar-refractivity contribution >= 4 is 51.7 Å². The average Bonchev–Trinajstić information content (AvgIpc) is 3.28. The van der Waals surface area contributed by atoms with Crippen LogP contribution in [0.25, 0.3) is 0 Å². The van der Waals surface area contributed by atoms with E-state index >= 15 is 0 Å². The molecule has 1 heterocycles.